The molecule has 0 aliphatic carbocycles. The standard InChI is InChI=1S/C19H18N2O2S/c22-18(20-12-13-23-16-8-2-1-3-9-16)14-24-17-10-4-6-15-7-5-11-21-19(15)17/h1-11H,12-14H2,(H,20,22). The fourth-order valence-electron chi connectivity index (χ4n) is 2.26. The van der Waals surface area contributed by atoms with Gasteiger partial charge in [0.15, 0.2) is 0 Å². The third kappa shape index (κ3) is 4.49. The molecule has 0 aliphatic rings. The topological polar surface area (TPSA) is 51.2 Å². The number of aromatic nitrogens is 1. The second kappa shape index (κ2) is 8.36. The van der Waals surface area contributed by atoms with Crippen molar-refractivity contribution in [3.05, 3.63) is 66.9 Å². The van der Waals surface area contributed by atoms with Crippen LogP contribution in [0.4, 0.5) is 0 Å². The van der Waals surface area contributed by atoms with Crippen LogP contribution in [0.5, 0.6) is 5.75 Å². The van der Waals surface area contributed by atoms with E-state index in [1.54, 1.807) is 6.20 Å². The van der Waals surface area contributed by atoms with E-state index in [1.165, 1.54) is 11.8 Å². The molecule has 1 heterocycles. The van der Waals surface area contributed by atoms with E-state index in [0.717, 1.165) is 21.5 Å². The van der Waals surface area contributed by atoms with Crippen molar-refractivity contribution < 1.29 is 9.53 Å². The number of thioether (sulfide) groups is 1. The minimum atomic E-state index is -0.00963. The van der Waals surface area contributed by atoms with Crippen LogP contribution >= 0.6 is 11.8 Å². The van der Waals surface area contributed by atoms with Gasteiger partial charge in [-0.25, -0.2) is 0 Å². The Balaban J connectivity index is 1.44. The van der Waals surface area contributed by atoms with Gasteiger partial charge >= 0.3 is 0 Å². The van der Waals surface area contributed by atoms with E-state index in [4.69, 9.17) is 4.74 Å². The van der Waals surface area contributed by atoms with Crippen LogP contribution in [0.1, 0.15) is 0 Å². The van der Waals surface area contributed by atoms with Gasteiger partial charge in [-0.3, -0.25) is 9.78 Å². The number of nitrogens with one attached hydrogen (secondary N) is 1. The third-order valence-corrected chi connectivity index (χ3v) is 4.44. The Morgan fingerprint density at radius 1 is 1.04 bits per heavy atom. The summed E-state index contributed by atoms with van der Waals surface area (Å²) in [6.07, 6.45) is 1.77. The predicted molar refractivity (Wildman–Crippen MR) is 97.4 cm³/mol. The van der Waals surface area contributed by atoms with E-state index >= 15 is 0 Å². The van der Waals surface area contributed by atoms with E-state index in [9.17, 15) is 4.79 Å². The summed E-state index contributed by atoms with van der Waals surface area (Å²) in [5.41, 5.74) is 0.935. The summed E-state index contributed by atoms with van der Waals surface area (Å²) in [5, 5.41) is 3.95. The van der Waals surface area contributed by atoms with Crippen molar-refractivity contribution in [1.29, 1.82) is 0 Å². The number of para-hydroxylation sites is 2. The average Bonchev–Trinajstić information content (AvgIpc) is 2.64. The zero-order chi connectivity index (χ0) is 16.6. The monoisotopic (exact) mass is 338 g/mol. The van der Waals surface area contributed by atoms with Crippen LogP contribution in [-0.2, 0) is 4.79 Å². The number of carbonyl (C=O) groups is 1. The highest BCUT2D eigenvalue weighted by molar-refractivity contribution is 8.00. The molecule has 4 nitrogen and oxygen atoms in total. The Morgan fingerprint density at radius 3 is 2.75 bits per heavy atom. The van der Waals surface area contributed by atoms with Gasteiger partial charge in [-0.1, -0.05) is 36.4 Å². The van der Waals surface area contributed by atoms with E-state index in [1.807, 2.05) is 60.7 Å². The molecule has 3 rings (SSSR count). The van der Waals surface area contributed by atoms with Crippen LogP contribution in [0, 0.1) is 0 Å². The molecule has 0 radical (unpaired) electrons. The maximum Gasteiger partial charge on any atom is 0.230 e. The molecule has 5 heteroatoms. The summed E-state index contributed by atoms with van der Waals surface area (Å²) in [4.78, 5) is 17.4. The van der Waals surface area contributed by atoms with Crippen molar-refractivity contribution >= 4 is 28.6 Å². The molecule has 0 saturated heterocycles. The van der Waals surface area contributed by atoms with Gasteiger partial charge in [-0.15, -0.1) is 11.8 Å². The van der Waals surface area contributed by atoms with Crippen molar-refractivity contribution in [2.75, 3.05) is 18.9 Å². The first kappa shape index (κ1) is 16.3. The third-order valence-electron chi connectivity index (χ3n) is 3.39. The lowest BCUT2D eigenvalue weighted by Gasteiger charge is -2.08. The highest BCUT2D eigenvalue weighted by Crippen LogP contribution is 2.25. The van der Waals surface area contributed by atoms with Crippen molar-refractivity contribution in [3.63, 3.8) is 0 Å². The van der Waals surface area contributed by atoms with E-state index in [0.29, 0.717) is 18.9 Å². The fraction of sp³-hybridized carbons (Fsp3) is 0.158. The number of carbonyl (C=O) groups excluding carboxylic acids is 1. The van der Waals surface area contributed by atoms with Gasteiger partial charge in [0.25, 0.3) is 0 Å². The molecule has 2 aromatic carbocycles. The molecule has 1 aromatic heterocycles. The molecule has 122 valence electrons. The van der Waals surface area contributed by atoms with Crippen LogP contribution in [0.15, 0.2) is 71.8 Å². The second-order valence-electron chi connectivity index (χ2n) is 5.13. The SMILES string of the molecule is O=C(CSc1cccc2cccnc12)NCCOc1ccccc1. The Kier molecular flexibility index (Phi) is 5.69. The summed E-state index contributed by atoms with van der Waals surface area (Å²) >= 11 is 1.50. The molecule has 0 unspecified atom stereocenters. The number of benzene rings is 2. The highest BCUT2D eigenvalue weighted by Gasteiger charge is 2.06. The van der Waals surface area contributed by atoms with Gasteiger partial charge in [-0.2, -0.15) is 0 Å². The summed E-state index contributed by atoms with van der Waals surface area (Å²) in [6, 6.07) is 19.5. The number of hydrogen-bond donors (Lipinski definition) is 1. The second-order valence-corrected chi connectivity index (χ2v) is 6.15. The number of hydrogen-bond acceptors (Lipinski definition) is 4. The molecule has 0 bridgehead atoms. The minimum absolute atomic E-state index is 0.00963. The quantitative estimate of drug-likeness (QED) is 0.529. The molecule has 24 heavy (non-hydrogen) atoms. The van der Waals surface area contributed by atoms with Gasteiger partial charge in [0.1, 0.15) is 12.4 Å². The van der Waals surface area contributed by atoms with Crippen LogP contribution in [0.2, 0.25) is 0 Å². The number of fused-ring (bicyclic) bond motifs is 1. The Hall–Kier alpha value is -2.53. The number of amides is 1. The average molecular weight is 338 g/mol. The molecule has 1 amide bonds. The van der Waals surface area contributed by atoms with Crippen LogP contribution in [0.25, 0.3) is 10.9 Å². The first-order valence-electron chi connectivity index (χ1n) is 7.74. The van der Waals surface area contributed by atoms with Crippen molar-refractivity contribution in [2.45, 2.75) is 4.90 Å². The van der Waals surface area contributed by atoms with Gasteiger partial charge in [0.2, 0.25) is 5.91 Å². The number of ether oxygens (including phenoxy) is 1. The Morgan fingerprint density at radius 2 is 1.88 bits per heavy atom. The van der Waals surface area contributed by atoms with Gasteiger partial charge in [-0.05, 0) is 24.3 Å². The first-order valence-corrected chi connectivity index (χ1v) is 8.72. The fourth-order valence-corrected chi connectivity index (χ4v) is 3.13. The normalized spacial score (nSPS) is 10.5. The van der Waals surface area contributed by atoms with Crippen molar-refractivity contribution in [2.24, 2.45) is 0 Å². The maximum atomic E-state index is 12.0. The Labute approximate surface area is 145 Å². The summed E-state index contributed by atoms with van der Waals surface area (Å²) in [6.45, 7) is 0.943. The molecule has 0 fully saturated rings. The molecule has 0 aliphatic heterocycles. The number of pyridine rings is 1. The minimum Gasteiger partial charge on any atom is -0.492 e. The van der Waals surface area contributed by atoms with Crippen LogP contribution in [-0.4, -0.2) is 29.8 Å². The molecule has 1 N–H and O–H groups in total. The lowest BCUT2D eigenvalue weighted by molar-refractivity contribution is -0.118. The predicted octanol–water partition coefficient (Wildman–Crippen LogP) is 3.52. The zero-order valence-electron chi connectivity index (χ0n) is 13.1. The molecule has 0 atom stereocenters. The van der Waals surface area contributed by atoms with E-state index in [-0.39, 0.29) is 5.91 Å². The van der Waals surface area contributed by atoms with Gasteiger partial charge in [0, 0.05) is 16.5 Å². The molecule has 0 spiro atoms. The van der Waals surface area contributed by atoms with Crippen molar-refractivity contribution in [1.82, 2.24) is 10.3 Å². The van der Waals surface area contributed by atoms with Gasteiger partial charge in [0.05, 0.1) is 17.8 Å². The lowest BCUT2D eigenvalue weighted by atomic mass is 10.2. The molecular formula is C19H18N2O2S. The van der Waals surface area contributed by atoms with Crippen molar-refractivity contribution in [3.8, 4) is 5.75 Å². The van der Waals surface area contributed by atoms with Gasteiger partial charge < -0.3 is 10.1 Å². The summed E-state index contributed by atoms with van der Waals surface area (Å²) < 4.78 is 5.55. The first-order chi connectivity index (χ1) is 11.8. The summed E-state index contributed by atoms with van der Waals surface area (Å²) in [7, 11) is 0. The number of rotatable bonds is 7. The van der Waals surface area contributed by atoms with Crippen LogP contribution in [0.3, 0.4) is 0 Å². The lowest BCUT2D eigenvalue weighted by Crippen LogP contribution is -2.29. The molecule has 0 saturated carbocycles. The van der Waals surface area contributed by atoms with E-state index < -0.39 is 0 Å². The summed E-state index contributed by atoms with van der Waals surface area (Å²) in [5.74, 6) is 1.16. The van der Waals surface area contributed by atoms with Crippen LogP contribution < -0.4 is 10.1 Å². The zero-order valence-corrected chi connectivity index (χ0v) is 14.0. The largest absolute Gasteiger partial charge is 0.492 e. The maximum absolute atomic E-state index is 12.0. The molecular weight excluding hydrogens is 320 g/mol. The van der Waals surface area contributed by atoms with E-state index in [2.05, 4.69) is 10.3 Å². The highest BCUT2D eigenvalue weighted by atomic mass is 32.2. The molecule has 3 aromatic rings. The Bertz CT molecular complexity index is 803. The smallest absolute Gasteiger partial charge is 0.230 e. The number of nitrogens with zero attached hydrogens (tertiary/aromatic N) is 1.